The van der Waals surface area contributed by atoms with E-state index < -0.39 is 0 Å². The molecule has 0 amide bonds. The number of nitrogens with one attached hydrogen (secondary N) is 2. The van der Waals surface area contributed by atoms with Crippen molar-refractivity contribution in [3.8, 4) is 0 Å². The smallest absolute Gasteiger partial charge is 0.0587 e. The fourth-order valence-corrected chi connectivity index (χ4v) is 2.72. The summed E-state index contributed by atoms with van der Waals surface area (Å²) in [5.74, 6) is 1.000. The first-order chi connectivity index (χ1) is 8.93. The third-order valence-corrected chi connectivity index (χ3v) is 3.89. The van der Waals surface area contributed by atoms with E-state index in [0.717, 1.165) is 32.2 Å². The summed E-state index contributed by atoms with van der Waals surface area (Å²) < 4.78 is 4.99. The van der Waals surface area contributed by atoms with E-state index in [0.29, 0.717) is 0 Å². The average Bonchev–Trinajstić information content (AvgIpc) is 2.65. The largest absolute Gasteiger partial charge is 0.383 e. The van der Waals surface area contributed by atoms with Gasteiger partial charge in [0.25, 0.3) is 0 Å². The van der Waals surface area contributed by atoms with Crippen LogP contribution in [0.2, 0.25) is 0 Å². The second-order valence-electron chi connectivity index (χ2n) is 5.49. The van der Waals surface area contributed by atoms with E-state index >= 15 is 0 Å². The summed E-state index contributed by atoms with van der Waals surface area (Å²) in [4.78, 5) is 0. The van der Waals surface area contributed by atoms with Crippen LogP contribution in [0.5, 0.6) is 0 Å². The SMILES string of the molecule is COCCNCCCNCCC1CCCCCC1. The first-order valence-electron chi connectivity index (χ1n) is 7.84. The van der Waals surface area contributed by atoms with Gasteiger partial charge in [0, 0.05) is 13.7 Å². The standard InChI is InChI=1S/C15H32N2O/c1-18-14-13-17-11-6-10-16-12-9-15-7-4-2-3-5-8-15/h15-17H,2-14H2,1H3. The third-order valence-electron chi connectivity index (χ3n) is 3.89. The first-order valence-corrected chi connectivity index (χ1v) is 7.84. The van der Waals surface area contributed by atoms with Gasteiger partial charge in [0.15, 0.2) is 0 Å². The molecule has 0 aliphatic heterocycles. The van der Waals surface area contributed by atoms with Crippen molar-refractivity contribution in [3.05, 3.63) is 0 Å². The lowest BCUT2D eigenvalue weighted by atomic mass is 9.97. The number of rotatable bonds is 10. The Labute approximate surface area is 113 Å². The second kappa shape index (κ2) is 11.9. The van der Waals surface area contributed by atoms with E-state index in [1.807, 2.05) is 0 Å². The monoisotopic (exact) mass is 256 g/mol. The minimum atomic E-state index is 0.815. The fraction of sp³-hybridized carbons (Fsp3) is 1.00. The highest BCUT2D eigenvalue weighted by molar-refractivity contribution is 4.66. The molecule has 1 rings (SSSR count). The molecule has 0 spiro atoms. The molecule has 0 saturated heterocycles. The Balaban J connectivity index is 1.80. The Bertz CT molecular complexity index is 168. The molecule has 0 heterocycles. The van der Waals surface area contributed by atoms with E-state index in [9.17, 15) is 0 Å². The molecule has 1 saturated carbocycles. The maximum Gasteiger partial charge on any atom is 0.0587 e. The molecule has 108 valence electrons. The van der Waals surface area contributed by atoms with Gasteiger partial charge < -0.3 is 15.4 Å². The Morgan fingerprint density at radius 1 is 0.889 bits per heavy atom. The average molecular weight is 256 g/mol. The lowest BCUT2D eigenvalue weighted by Gasteiger charge is -2.14. The van der Waals surface area contributed by atoms with Gasteiger partial charge in [-0.3, -0.25) is 0 Å². The van der Waals surface area contributed by atoms with Crippen molar-refractivity contribution in [1.29, 1.82) is 0 Å². The first kappa shape index (κ1) is 15.9. The van der Waals surface area contributed by atoms with Crippen molar-refractivity contribution in [3.63, 3.8) is 0 Å². The highest BCUT2D eigenvalue weighted by Gasteiger charge is 2.11. The van der Waals surface area contributed by atoms with Gasteiger partial charge in [0.2, 0.25) is 0 Å². The summed E-state index contributed by atoms with van der Waals surface area (Å²) in [7, 11) is 1.75. The molecule has 1 aliphatic carbocycles. The van der Waals surface area contributed by atoms with Crippen LogP contribution in [0.3, 0.4) is 0 Å². The molecular weight excluding hydrogens is 224 g/mol. The van der Waals surface area contributed by atoms with Gasteiger partial charge in [-0.1, -0.05) is 38.5 Å². The second-order valence-corrected chi connectivity index (χ2v) is 5.49. The maximum atomic E-state index is 4.99. The van der Waals surface area contributed by atoms with Gasteiger partial charge >= 0.3 is 0 Å². The minimum Gasteiger partial charge on any atom is -0.383 e. The van der Waals surface area contributed by atoms with Gasteiger partial charge in [-0.25, -0.2) is 0 Å². The molecule has 3 nitrogen and oxygen atoms in total. The zero-order chi connectivity index (χ0) is 12.9. The van der Waals surface area contributed by atoms with Crippen molar-refractivity contribution in [2.24, 2.45) is 5.92 Å². The number of hydrogen-bond acceptors (Lipinski definition) is 3. The van der Waals surface area contributed by atoms with E-state index in [1.165, 1.54) is 57.9 Å². The van der Waals surface area contributed by atoms with Crippen molar-refractivity contribution in [1.82, 2.24) is 10.6 Å². The minimum absolute atomic E-state index is 0.815. The molecule has 1 fully saturated rings. The molecule has 1 aliphatic rings. The number of ether oxygens (including phenoxy) is 1. The molecule has 0 radical (unpaired) electrons. The van der Waals surface area contributed by atoms with Gasteiger partial charge in [-0.2, -0.15) is 0 Å². The molecule has 0 aromatic carbocycles. The van der Waals surface area contributed by atoms with E-state index in [1.54, 1.807) is 7.11 Å². The zero-order valence-electron chi connectivity index (χ0n) is 12.2. The van der Waals surface area contributed by atoms with Gasteiger partial charge in [0.1, 0.15) is 0 Å². The third kappa shape index (κ3) is 8.90. The van der Waals surface area contributed by atoms with Crippen LogP contribution in [0.25, 0.3) is 0 Å². The van der Waals surface area contributed by atoms with E-state index in [-0.39, 0.29) is 0 Å². The quantitative estimate of drug-likeness (QED) is 0.465. The molecule has 0 aromatic heterocycles. The van der Waals surface area contributed by atoms with Crippen LogP contribution in [0.15, 0.2) is 0 Å². The topological polar surface area (TPSA) is 33.3 Å². The Morgan fingerprint density at radius 3 is 2.22 bits per heavy atom. The maximum absolute atomic E-state index is 4.99. The predicted octanol–water partition coefficient (Wildman–Crippen LogP) is 2.56. The highest BCUT2D eigenvalue weighted by Crippen LogP contribution is 2.24. The molecule has 18 heavy (non-hydrogen) atoms. The summed E-state index contributed by atoms with van der Waals surface area (Å²) in [5.41, 5.74) is 0. The molecule has 0 atom stereocenters. The van der Waals surface area contributed by atoms with Gasteiger partial charge in [-0.15, -0.1) is 0 Å². The van der Waals surface area contributed by atoms with Crippen molar-refractivity contribution in [2.45, 2.75) is 51.4 Å². The Kier molecular flexibility index (Phi) is 10.6. The van der Waals surface area contributed by atoms with Crippen molar-refractivity contribution < 1.29 is 4.74 Å². The van der Waals surface area contributed by atoms with Crippen molar-refractivity contribution in [2.75, 3.05) is 39.9 Å². The lowest BCUT2D eigenvalue weighted by molar-refractivity contribution is 0.199. The number of hydrogen-bond donors (Lipinski definition) is 2. The van der Waals surface area contributed by atoms with Crippen LogP contribution in [-0.2, 0) is 4.74 Å². The Morgan fingerprint density at radius 2 is 1.56 bits per heavy atom. The highest BCUT2D eigenvalue weighted by atomic mass is 16.5. The van der Waals surface area contributed by atoms with Crippen LogP contribution < -0.4 is 10.6 Å². The Hall–Kier alpha value is -0.120. The molecule has 2 N–H and O–H groups in total. The van der Waals surface area contributed by atoms with Gasteiger partial charge in [-0.05, 0) is 38.4 Å². The number of methoxy groups -OCH3 is 1. The van der Waals surface area contributed by atoms with Gasteiger partial charge in [0.05, 0.1) is 6.61 Å². The van der Waals surface area contributed by atoms with Crippen LogP contribution in [0.4, 0.5) is 0 Å². The van der Waals surface area contributed by atoms with Crippen LogP contribution in [0.1, 0.15) is 51.4 Å². The summed E-state index contributed by atoms with van der Waals surface area (Å²) in [6.45, 7) is 5.24. The molecule has 3 heteroatoms. The van der Waals surface area contributed by atoms with E-state index in [2.05, 4.69) is 10.6 Å². The molecule has 0 unspecified atom stereocenters. The van der Waals surface area contributed by atoms with Crippen molar-refractivity contribution >= 4 is 0 Å². The molecular formula is C15H32N2O. The normalized spacial score (nSPS) is 17.8. The summed E-state index contributed by atoms with van der Waals surface area (Å²) in [5, 5.41) is 6.94. The van der Waals surface area contributed by atoms with E-state index in [4.69, 9.17) is 4.74 Å². The molecule has 0 bridgehead atoms. The fourth-order valence-electron chi connectivity index (χ4n) is 2.72. The van der Waals surface area contributed by atoms with Crippen LogP contribution in [-0.4, -0.2) is 39.9 Å². The summed E-state index contributed by atoms with van der Waals surface area (Å²) in [6.07, 6.45) is 11.4. The lowest BCUT2D eigenvalue weighted by Crippen LogP contribution is -2.25. The zero-order valence-corrected chi connectivity index (χ0v) is 12.2. The summed E-state index contributed by atoms with van der Waals surface area (Å²) >= 11 is 0. The molecule has 0 aromatic rings. The van der Waals surface area contributed by atoms with Crippen LogP contribution in [0, 0.1) is 5.92 Å². The predicted molar refractivity (Wildman–Crippen MR) is 78.0 cm³/mol. The van der Waals surface area contributed by atoms with Crippen LogP contribution >= 0.6 is 0 Å². The summed E-state index contributed by atoms with van der Waals surface area (Å²) in [6, 6.07) is 0.